The highest BCUT2D eigenvalue weighted by molar-refractivity contribution is 5.23. The van der Waals surface area contributed by atoms with E-state index in [2.05, 4.69) is 39.0 Å². The minimum atomic E-state index is 0.761. The highest BCUT2D eigenvalue weighted by atomic mass is 14.1. The normalized spacial score (nSPS) is 23.4. The molecule has 0 fully saturated rings. The predicted molar refractivity (Wildman–Crippen MR) is 64.3 cm³/mol. The van der Waals surface area contributed by atoms with E-state index < -0.39 is 0 Å². The van der Waals surface area contributed by atoms with Crippen molar-refractivity contribution < 1.29 is 0 Å². The van der Waals surface area contributed by atoms with Crippen molar-refractivity contribution in [1.82, 2.24) is 0 Å². The van der Waals surface area contributed by atoms with Gasteiger partial charge in [0.05, 0.1) is 0 Å². The Balaban J connectivity index is 2.27. The molecule has 0 N–H and O–H groups in total. The summed E-state index contributed by atoms with van der Waals surface area (Å²) in [7, 11) is 0. The van der Waals surface area contributed by atoms with Gasteiger partial charge in [-0.15, -0.1) is 0 Å². The van der Waals surface area contributed by atoms with E-state index in [9.17, 15) is 0 Å². The van der Waals surface area contributed by atoms with Crippen molar-refractivity contribution in [1.29, 1.82) is 0 Å². The molecule has 0 saturated carbocycles. The van der Waals surface area contributed by atoms with Gasteiger partial charge in [-0.25, -0.2) is 0 Å². The smallest absolute Gasteiger partial charge is 0.0221 e. The predicted octanol–water partition coefficient (Wildman–Crippen LogP) is 4.73. The van der Waals surface area contributed by atoms with Crippen LogP contribution in [0.4, 0.5) is 0 Å². The summed E-state index contributed by atoms with van der Waals surface area (Å²) in [6.45, 7) is 6.96. The highest BCUT2D eigenvalue weighted by Gasteiger charge is 2.06. The molecule has 2 atom stereocenters. The van der Waals surface area contributed by atoms with Crippen LogP contribution in [-0.2, 0) is 0 Å². The van der Waals surface area contributed by atoms with Crippen LogP contribution in [0.2, 0.25) is 0 Å². The van der Waals surface area contributed by atoms with Crippen LogP contribution in [0.5, 0.6) is 0 Å². The Hall–Kier alpha value is -0.520. The van der Waals surface area contributed by atoms with Gasteiger partial charge in [-0.2, -0.15) is 0 Å². The van der Waals surface area contributed by atoms with Crippen molar-refractivity contribution in [2.75, 3.05) is 0 Å². The fourth-order valence-corrected chi connectivity index (χ4v) is 2.14. The summed E-state index contributed by atoms with van der Waals surface area (Å²) in [6.07, 6.45) is 13.7. The summed E-state index contributed by atoms with van der Waals surface area (Å²) < 4.78 is 0. The summed E-state index contributed by atoms with van der Waals surface area (Å²) in [5.74, 6) is 1.66. The van der Waals surface area contributed by atoms with Crippen LogP contribution in [-0.4, -0.2) is 0 Å². The van der Waals surface area contributed by atoms with Crippen LogP contribution < -0.4 is 0 Å². The van der Waals surface area contributed by atoms with E-state index in [1.54, 1.807) is 5.57 Å². The van der Waals surface area contributed by atoms with Gasteiger partial charge in [-0.05, 0) is 31.1 Å². The summed E-state index contributed by atoms with van der Waals surface area (Å²) in [5, 5.41) is 0. The maximum atomic E-state index is 2.44. The third-order valence-corrected chi connectivity index (χ3v) is 3.05. The van der Waals surface area contributed by atoms with Gasteiger partial charge < -0.3 is 0 Å². The van der Waals surface area contributed by atoms with Crippen molar-refractivity contribution in [3.05, 3.63) is 23.8 Å². The van der Waals surface area contributed by atoms with Gasteiger partial charge >= 0.3 is 0 Å². The monoisotopic (exact) mass is 192 g/mol. The zero-order valence-electron chi connectivity index (χ0n) is 9.92. The molecule has 0 aliphatic heterocycles. The average Bonchev–Trinajstić information content (AvgIpc) is 2.15. The van der Waals surface area contributed by atoms with E-state index in [1.807, 2.05) is 0 Å². The molecule has 0 aromatic carbocycles. The Morgan fingerprint density at radius 2 is 2.21 bits per heavy atom. The van der Waals surface area contributed by atoms with E-state index in [0.29, 0.717) is 0 Å². The lowest BCUT2D eigenvalue weighted by molar-refractivity contribution is 0.486. The first-order chi connectivity index (χ1) is 6.72. The van der Waals surface area contributed by atoms with E-state index in [-0.39, 0.29) is 0 Å². The molecule has 0 nitrogen and oxygen atoms in total. The summed E-state index contributed by atoms with van der Waals surface area (Å²) in [6, 6.07) is 0. The maximum Gasteiger partial charge on any atom is -0.0221 e. The van der Waals surface area contributed by atoms with E-state index in [1.165, 1.54) is 32.1 Å². The van der Waals surface area contributed by atoms with Crippen LogP contribution in [0.15, 0.2) is 23.8 Å². The van der Waals surface area contributed by atoms with Crippen LogP contribution >= 0.6 is 0 Å². The van der Waals surface area contributed by atoms with Crippen molar-refractivity contribution in [2.45, 2.75) is 52.9 Å². The topological polar surface area (TPSA) is 0 Å². The van der Waals surface area contributed by atoms with E-state index in [4.69, 9.17) is 0 Å². The summed E-state index contributed by atoms with van der Waals surface area (Å²) in [4.78, 5) is 0. The Morgan fingerprint density at radius 1 is 1.43 bits per heavy atom. The van der Waals surface area contributed by atoms with E-state index >= 15 is 0 Å². The Labute approximate surface area is 89.1 Å². The number of hydrogen-bond acceptors (Lipinski definition) is 0. The third-order valence-electron chi connectivity index (χ3n) is 3.05. The van der Waals surface area contributed by atoms with Gasteiger partial charge in [0.25, 0.3) is 0 Å². The fraction of sp³-hybridized carbons (Fsp3) is 0.714. The van der Waals surface area contributed by atoms with Crippen molar-refractivity contribution >= 4 is 0 Å². The minimum Gasteiger partial charge on any atom is -0.0837 e. The first-order valence-electron chi connectivity index (χ1n) is 6.09. The number of allylic oxidation sites excluding steroid dienone is 4. The molecule has 1 rings (SSSR count). The molecule has 14 heavy (non-hydrogen) atoms. The van der Waals surface area contributed by atoms with Gasteiger partial charge in [0, 0.05) is 0 Å². The second kappa shape index (κ2) is 6.06. The zero-order valence-corrected chi connectivity index (χ0v) is 9.92. The van der Waals surface area contributed by atoms with Crippen molar-refractivity contribution in [2.24, 2.45) is 11.8 Å². The van der Waals surface area contributed by atoms with Crippen molar-refractivity contribution in [3.63, 3.8) is 0 Å². The lowest BCUT2D eigenvalue weighted by atomic mass is 9.92. The van der Waals surface area contributed by atoms with Gasteiger partial charge in [0.15, 0.2) is 0 Å². The standard InChI is InChI=1S/C14H24/c1-4-6-12(2)9-10-14-8-5-7-13(3)11-14/h5,8,11-13H,4,6-7,9-10H2,1-3H3. The molecule has 2 unspecified atom stereocenters. The van der Waals surface area contributed by atoms with Crippen LogP contribution in [0.1, 0.15) is 52.9 Å². The highest BCUT2D eigenvalue weighted by Crippen LogP contribution is 2.22. The maximum absolute atomic E-state index is 2.44. The molecule has 0 heteroatoms. The molecule has 1 aliphatic carbocycles. The Morgan fingerprint density at radius 3 is 2.86 bits per heavy atom. The van der Waals surface area contributed by atoms with Crippen LogP contribution in [0, 0.1) is 11.8 Å². The number of rotatable bonds is 5. The largest absolute Gasteiger partial charge is 0.0837 e. The Bertz CT molecular complexity index is 210. The first-order valence-corrected chi connectivity index (χ1v) is 6.09. The van der Waals surface area contributed by atoms with Gasteiger partial charge in [-0.1, -0.05) is 57.4 Å². The van der Waals surface area contributed by atoms with Crippen LogP contribution in [0.25, 0.3) is 0 Å². The van der Waals surface area contributed by atoms with Crippen LogP contribution in [0.3, 0.4) is 0 Å². The molecular formula is C14H24. The minimum absolute atomic E-state index is 0.761. The molecule has 0 heterocycles. The molecule has 0 bridgehead atoms. The zero-order chi connectivity index (χ0) is 10.4. The SMILES string of the molecule is CCCC(C)CCC1=CC(C)CC=C1. The molecule has 80 valence electrons. The molecule has 0 saturated heterocycles. The molecule has 0 amide bonds. The summed E-state index contributed by atoms with van der Waals surface area (Å²) in [5.41, 5.74) is 1.56. The molecule has 0 radical (unpaired) electrons. The van der Waals surface area contributed by atoms with Gasteiger partial charge in [-0.3, -0.25) is 0 Å². The lowest BCUT2D eigenvalue weighted by Gasteiger charge is -2.14. The van der Waals surface area contributed by atoms with Gasteiger partial charge in [0.1, 0.15) is 0 Å². The van der Waals surface area contributed by atoms with E-state index in [0.717, 1.165) is 11.8 Å². The van der Waals surface area contributed by atoms with Gasteiger partial charge in [0.2, 0.25) is 0 Å². The quantitative estimate of drug-likeness (QED) is 0.591. The Kier molecular flexibility index (Phi) is 5.00. The molecule has 0 aromatic heterocycles. The molecule has 0 spiro atoms. The second-order valence-electron chi connectivity index (χ2n) is 4.79. The second-order valence-corrected chi connectivity index (χ2v) is 4.79. The average molecular weight is 192 g/mol. The van der Waals surface area contributed by atoms with Crippen molar-refractivity contribution in [3.8, 4) is 0 Å². The number of hydrogen-bond donors (Lipinski definition) is 0. The third kappa shape index (κ3) is 4.13. The molecule has 0 aromatic rings. The molecular weight excluding hydrogens is 168 g/mol. The fourth-order valence-electron chi connectivity index (χ4n) is 2.14. The molecule has 1 aliphatic rings. The first kappa shape index (κ1) is 11.6. The lowest BCUT2D eigenvalue weighted by Crippen LogP contribution is -1.98. The summed E-state index contributed by atoms with van der Waals surface area (Å²) >= 11 is 0.